The number of hydrogen-bond donors (Lipinski definition) is 3. The number of nitrogens with one attached hydrogen (secondary N) is 2. The number of alkyl carbamates (subject to hydrolysis) is 1. The molecule has 35 heavy (non-hydrogen) atoms. The van der Waals surface area contributed by atoms with Crippen LogP contribution < -0.4 is 10.6 Å². The van der Waals surface area contributed by atoms with Crippen molar-refractivity contribution in [3.63, 3.8) is 0 Å². The van der Waals surface area contributed by atoms with Gasteiger partial charge in [-0.2, -0.15) is 0 Å². The number of anilines is 1. The van der Waals surface area contributed by atoms with E-state index in [0.29, 0.717) is 12.2 Å². The lowest BCUT2D eigenvalue weighted by Crippen LogP contribution is -2.25. The van der Waals surface area contributed by atoms with Crippen LogP contribution in [0, 0.1) is 0 Å². The van der Waals surface area contributed by atoms with Gasteiger partial charge in [-0.3, -0.25) is 4.79 Å². The summed E-state index contributed by atoms with van der Waals surface area (Å²) in [6.07, 6.45) is -0.483. The molecule has 0 saturated carbocycles. The zero-order chi connectivity index (χ0) is 24.2. The number of phenols is 1. The van der Waals surface area contributed by atoms with Crippen molar-refractivity contribution in [1.82, 2.24) is 5.32 Å². The highest BCUT2D eigenvalue weighted by Gasteiger charge is 2.28. The molecule has 2 amide bonds. The summed E-state index contributed by atoms with van der Waals surface area (Å²) in [5, 5.41) is 15.4. The molecule has 0 spiro atoms. The first-order chi connectivity index (χ1) is 17.1. The molecule has 0 atom stereocenters. The third kappa shape index (κ3) is 4.73. The Labute approximate surface area is 203 Å². The molecular formula is C29H24N2O4. The number of fused-ring (bicyclic) bond motifs is 3. The van der Waals surface area contributed by atoms with Crippen molar-refractivity contribution in [2.75, 3.05) is 11.9 Å². The van der Waals surface area contributed by atoms with Crippen LogP contribution in [-0.4, -0.2) is 23.7 Å². The third-order valence-corrected chi connectivity index (χ3v) is 6.14. The molecule has 0 saturated heterocycles. The van der Waals surface area contributed by atoms with Crippen LogP contribution in [0.5, 0.6) is 5.75 Å². The molecule has 0 aromatic heterocycles. The van der Waals surface area contributed by atoms with Crippen LogP contribution in [0.1, 0.15) is 33.0 Å². The lowest BCUT2D eigenvalue weighted by Gasteiger charge is -2.14. The number of hydrogen-bond acceptors (Lipinski definition) is 4. The number of benzene rings is 4. The maximum atomic E-state index is 12.4. The highest BCUT2D eigenvalue weighted by atomic mass is 16.5. The van der Waals surface area contributed by atoms with E-state index in [9.17, 15) is 14.7 Å². The quantitative estimate of drug-likeness (QED) is 0.342. The van der Waals surface area contributed by atoms with Gasteiger partial charge in [0.15, 0.2) is 0 Å². The van der Waals surface area contributed by atoms with Gasteiger partial charge in [0.2, 0.25) is 0 Å². The molecule has 3 N–H and O–H groups in total. The van der Waals surface area contributed by atoms with Gasteiger partial charge in [0.05, 0.1) is 5.56 Å². The van der Waals surface area contributed by atoms with Crippen LogP contribution in [0.3, 0.4) is 0 Å². The maximum Gasteiger partial charge on any atom is 0.407 e. The SMILES string of the molecule is O=C(NCc1ccc(NC(=O)c2ccccc2O)cc1)OCC1c2ccccc2-c2ccccc21. The Morgan fingerprint density at radius 2 is 1.37 bits per heavy atom. The largest absolute Gasteiger partial charge is 0.507 e. The van der Waals surface area contributed by atoms with Crippen LogP contribution in [0.4, 0.5) is 10.5 Å². The first-order valence-electron chi connectivity index (χ1n) is 11.4. The van der Waals surface area contributed by atoms with Gasteiger partial charge in [-0.25, -0.2) is 4.79 Å². The minimum absolute atomic E-state index is 0.0140. The van der Waals surface area contributed by atoms with Gasteiger partial charge in [0, 0.05) is 18.2 Å². The van der Waals surface area contributed by atoms with Crippen LogP contribution in [0.25, 0.3) is 11.1 Å². The molecule has 6 heteroatoms. The lowest BCUT2D eigenvalue weighted by atomic mass is 9.98. The van der Waals surface area contributed by atoms with Crippen molar-refractivity contribution in [3.05, 3.63) is 119 Å². The first kappa shape index (κ1) is 22.2. The molecular weight excluding hydrogens is 440 g/mol. The Morgan fingerprint density at radius 1 is 0.771 bits per heavy atom. The average Bonchev–Trinajstić information content (AvgIpc) is 3.21. The monoisotopic (exact) mass is 464 g/mol. The number of carbonyl (C=O) groups excluding carboxylic acids is 2. The molecule has 1 aliphatic carbocycles. The first-order valence-corrected chi connectivity index (χ1v) is 11.4. The number of rotatable bonds is 6. The van der Waals surface area contributed by atoms with Gasteiger partial charge < -0.3 is 20.5 Å². The molecule has 4 aromatic carbocycles. The van der Waals surface area contributed by atoms with Crippen LogP contribution >= 0.6 is 0 Å². The van der Waals surface area contributed by atoms with E-state index in [1.54, 1.807) is 30.3 Å². The Bertz CT molecular complexity index is 1340. The van der Waals surface area contributed by atoms with Gasteiger partial charge in [-0.1, -0.05) is 72.8 Å². The molecule has 0 aliphatic heterocycles. The zero-order valence-corrected chi connectivity index (χ0v) is 18.9. The Balaban J connectivity index is 1.14. The second-order valence-electron chi connectivity index (χ2n) is 8.35. The van der Waals surface area contributed by atoms with Crippen LogP contribution in [0.15, 0.2) is 97.1 Å². The van der Waals surface area contributed by atoms with E-state index in [4.69, 9.17) is 4.74 Å². The molecule has 0 radical (unpaired) electrons. The Hall–Kier alpha value is -4.58. The number of aromatic hydroxyl groups is 1. The second kappa shape index (κ2) is 9.73. The lowest BCUT2D eigenvalue weighted by molar-refractivity contribution is 0.102. The van der Waals surface area contributed by atoms with Crippen LogP contribution in [0.2, 0.25) is 0 Å². The summed E-state index contributed by atoms with van der Waals surface area (Å²) in [5.41, 5.74) is 6.36. The van der Waals surface area contributed by atoms with Crippen molar-refractivity contribution in [2.45, 2.75) is 12.5 Å². The fourth-order valence-electron chi connectivity index (χ4n) is 4.39. The van der Waals surface area contributed by atoms with E-state index < -0.39 is 12.0 Å². The topological polar surface area (TPSA) is 87.7 Å². The predicted molar refractivity (Wildman–Crippen MR) is 134 cm³/mol. The number of phenolic OH excluding ortho intramolecular Hbond substituents is 1. The fraction of sp³-hybridized carbons (Fsp3) is 0.103. The van der Waals surface area contributed by atoms with E-state index in [0.717, 1.165) is 5.56 Å². The Kier molecular flexibility index (Phi) is 6.18. The van der Waals surface area contributed by atoms with Crippen molar-refractivity contribution < 1.29 is 19.4 Å². The molecule has 6 nitrogen and oxygen atoms in total. The smallest absolute Gasteiger partial charge is 0.407 e. The minimum atomic E-state index is -0.483. The fourth-order valence-corrected chi connectivity index (χ4v) is 4.39. The minimum Gasteiger partial charge on any atom is -0.507 e. The molecule has 174 valence electrons. The molecule has 0 fully saturated rings. The average molecular weight is 465 g/mol. The van der Waals surface area contributed by atoms with E-state index >= 15 is 0 Å². The summed E-state index contributed by atoms with van der Waals surface area (Å²) in [5.74, 6) is -0.457. The van der Waals surface area contributed by atoms with E-state index in [-0.39, 0.29) is 23.8 Å². The van der Waals surface area contributed by atoms with Crippen LogP contribution in [-0.2, 0) is 11.3 Å². The number of amides is 2. The molecule has 0 bridgehead atoms. The van der Waals surface area contributed by atoms with Crippen molar-refractivity contribution >= 4 is 17.7 Å². The summed E-state index contributed by atoms with van der Waals surface area (Å²) in [6, 6.07) is 29.9. The summed E-state index contributed by atoms with van der Waals surface area (Å²) in [4.78, 5) is 24.7. The number of para-hydroxylation sites is 1. The zero-order valence-electron chi connectivity index (χ0n) is 18.9. The van der Waals surface area contributed by atoms with Gasteiger partial charge in [-0.15, -0.1) is 0 Å². The molecule has 4 aromatic rings. The molecule has 5 rings (SSSR count). The molecule has 0 unspecified atom stereocenters. The van der Waals surface area contributed by atoms with E-state index in [1.165, 1.54) is 28.3 Å². The van der Waals surface area contributed by atoms with Crippen molar-refractivity contribution in [2.24, 2.45) is 0 Å². The van der Waals surface area contributed by atoms with Gasteiger partial charge in [0.1, 0.15) is 12.4 Å². The normalized spacial score (nSPS) is 11.9. The Morgan fingerprint density at radius 3 is 2.03 bits per heavy atom. The summed E-state index contributed by atoms with van der Waals surface area (Å²) in [7, 11) is 0. The predicted octanol–water partition coefficient (Wildman–Crippen LogP) is 5.68. The summed E-state index contributed by atoms with van der Waals surface area (Å²) < 4.78 is 5.57. The van der Waals surface area contributed by atoms with Gasteiger partial charge in [0.25, 0.3) is 5.91 Å². The standard InChI is InChI=1S/C29H24N2O4/c32-27-12-6-5-11-25(27)28(33)31-20-15-13-19(14-16-20)17-30-29(34)35-18-26-23-9-3-1-7-21(23)22-8-2-4-10-24(22)26/h1-16,26,32H,17-18H2,(H,30,34)(H,31,33). The number of ether oxygens (including phenoxy) is 1. The van der Waals surface area contributed by atoms with E-state index in [2.05, 4.69) is 34.9 Å². The molecule has 1 aliphatic rings. The molecule has 0 heterocycles. The highest BCUT2D eigenvalue weighted by molar-refractivity contribution is 6.06. The second-order valence-corrected chi connectivity index (χ2v) is 8.35. The number of carbonyl (C=O) groups is 2. The highest BCUT2D eigenvalue weighted by Crippen LogP contribution is 2.44. The van der Waals surface area contributed by atoms with Gasteiger partial charge >= 0.3 is 6.09 Å². The maximum absolute atomic E-state index is 12.4. The van der Waals surface area contributed by atoms with Crippen molar-refractivity contribution in [3.8, 4) is 16.9 Å². The van der Waals surface area contributed by atoms with Crippen molar-refractivity contribution in [1.29, 1.82) is 0 Å². The third-order valence-electron chi connectivity index (χ3n) is 6.14. The van der Waals surface area contributed by atoms with E-state index in [1.807, 2.05) is 36.4 Å². The van der Waals surface area contributed by atoms with Gasteiger partial charge in [-0.05, 0) is 52.1 Å². The summed E-state index contributed by atoms with van der Waals surface area (Å²) >= 11 is 0. The summed E-state index contributed by atoms with van der Waals surface area (Å²) in [6.45, 7) is 0.557.